The number of hydrogen-bond acceptors (Lipinski definition) is 8. The summed E-state index contributed by atoms with van der Waals surface area (Å²) in [6.07, 6.45) is 5.53. The molecule has 0 saturated heterocycles. The lowest BCUT2D eigenvalue weighted by molar-refractivity contribution is -0.126. The van der Waals surface area contributed by atoms with Crippen LogP contribution in [0, 0.1) is 5.92 Å². The lowest BCUT2D eigenvalue weighted by Gasteiger charge is -2.28. The lowest BCUT2D eigenvalue weighted by Crippen LogP contribution is -2.42. The molecule has 1 aromatic heterocycles. The zero-order valence-electron chi connectivity index (χ0n) is 33.4. The second kappa shape index (κ2) is 24.5. The SMILES string of the molecule is CCc1cccc(N(CC)C(=O)Cn2c(C(=O)NC3CCC(C(=O)NCCCCCCNC(=O)OCCOCCOCCNC(=O)O)CC3)cc3ccccc32)c1. The van der Waals surface area contributed by atoms with E-state index in [2.05, 4.69) is 34.3 Å². The van der Waals surface area contributed by atoms with Crippen molar-refractivity contribution in [3.05, 3.63) is 65.9 Å². The second-order valence-corrected chi connectivity index (χ2v) is 14.1. The first kappa shape index (κ1) is 44.6. The quantitative estimate of drug-likeness (QED) is 0.0755. The van der Waals surface area contributed by atoms with Gasteiger partial charge >= 0.3 is 12.2 Å². The number of unbranched alkanes of at least 4 members (excludes halogenated alkanes) is 3. The summed E-state index contributed by atoms with van der Waals surface area (Å²) in [6, 6.07) is 17.5. The Bertz CT molecular complexity index is 1740. The van der Waals surface area contributed by atoms with Gasteiger partial charge in [-0.25, -0.2) is 9.59 Å². The highest BCUT2D eigenvalue weighted by Crippen LogP contribution is 2.26. The van der Waals surface area contributed by atoms with E-state index in [4.69, 9.17) is 19.3 Å². The minimum atomic E-state index is -1.10. The summed E-state index contributed by atoms with van der Waals surface area (Å²) in [5.41, 5.74) is 3.29. The minimum absolute atomic E-state index is 0.0359. The number of aryl methyl sites for hydroxylation is 1. The summed E-state index contributed by atoms with van der Waals surface area (Å²) in [4.78, 5) is 64.3. The predicted molar refractivity (Wildman–Crippen MR) is 217 cm³/mol. The van der Waals surface area contributed by atoms with Gasteiger partial charge in [0.15, 0.2) is 0 Å². The van der Waals surface area contributed by atoms with Crippen molar-refractivity contribution in [1.82, 2.24) is 25.8 Å². The fourth-order valence-corrected chi connectivity index (χ4v) is 6.94. The molecule has 15 heteroatoms. The third-order valence-electron chi connectivity index (χ3n) is 10.0. The number of alkyl carbamates (subject to hydrolysis) is 1. The van der Waals surface area contributed by atoms with Crippen LogP contribution in [0.4, 0.5) is 15.3 Å². The lowest BCUT2D eigenvalue weighted by atomic mass is 9.85. The highest BCUT2D eigenvalue weighted by molar-refractivity contribution is 6.01. The molecule has 3 aromatic rings. The van der Waals surface area contributed by atoms with Gasteiger partial charge in [-0.15, -0.1) is 0 Å². The summed E-state index contributed by atoms with van der Waals surface area (Å²) >= 11 is 0. The van der Waals surface area contributed by atoms with E-state index in [1.54, 1.807) is 4.90 Å². The molecule has 1 heterocycles. The second-order valence-electron chi connectivity index (χ2n) is 14.1. The first-order valence-electron chi connectivity index (χ1n) is 20.3. The molecule has 1 fully saturated rings. The van der Waals surface area contributed by atoms with E-state index < -0.39 is 12.2 Å². The van der Waals surface area contributed by atoms with Crippen LogP contribution in [0.5, 0.6) is 0 Å². The molecule has 1 saturated carbocycles. The fourth-order valence-electron chi connectivity index (χ4n) is 6.94. The van der Waals surface area contributed by atoms with E-state index in [1.807, 2.05) is 60.0 Å². The van der Waals surface area contributed by atoms with Crippen molar-refractivity contribution in [2.45, 2.75) is 84.2 Å². The maximum Gasteiger partial charge on any atom is 0.407 e. The Kier molecular flexibility index (Phi) is 19.1. The first-order valence-corrected chi connectivity index (χ1v) is 20.3. The van der Waals surface area contributed by atoms with Crippen molar-refractivity contribution in [3.8, 4) is 0 Å². The Labute approximate surface area is 335 Å². The average Bonchev–Trinajstić information content (AvgIpc) is 3.58. The molecule has 5 amide bonds. The number of carboxylic acid groups (broad SMARTS) is 1. The van der Waals surface area contributed by atoms with Gasteiger partial charge < -0.3 is 50.1 Å². The Morgan fingerprint density at radius 2 is 1.47 bits per heavy atom. The van der Waals surface area contributed by atoms with Gasteiger partial charge in [-0.1, -0.05) is 50.1 Å². The molecule has 2 aromatic carbocycles. The molecule has 0 radical (unpaired) electrons. The smallest absolute Gasteiger partial charge is 0.407 e. The number of likely N-dealkylation sites (N-methyl/N-ethyl adjacent to an activating group) is 1. The topological polar surface area (TPSA) is 190 Å². The van der Waals surface area contributed by atoms with Gasteiger partial charge in [-0.05, 0) is 81.7 Å². The van der Waals surface area contributed by atoms with Crippen LogP contribution in [-0.2, 0) is 36.8 Å². The molecule has 1 aliphatic carbocycles. The first-order chi connectivity index (χ1) is 27.7. The number of rotatable bonds is 24. The van der Waals surface area contributed by atoms with E-state index in [1.165, 1.54) is 0 Å². The molecular formula is C42H60N6O9. The molecule has 0 unspecified atom stereocenters. The molecule has 312 valence electrons. The molecule has 1 aliphatic rings. The number of anilines is 1. The zero-order chi connectivity index (χ0) is 40.8. The number of benzene rings is 2. The van der Waals surface area contributed by atoms with E-state index in [0.717, 1.165) is 54.3 Å². The van der Waals surface area contributed by atoms with Crippen molar-refractivity contribution in [2.24, 2.45) is 5.92 Å². The number of amides is 5. The number of nitrogens with one attached hydrogen (secondary N) is 4. The number of para-hydroxylation sites is 1. The van der Waals surface area contributed by atoms with Crippen molar-refractivity contribution < 1.29 is 43.3 Å². The third kappa shape index (κ3) is 15.0. The number of ether oxygens (including phenoxy) is 3. The van der Waals surface area contributed by atoms with Gasteiger partial charge in [0.2, 0.25) is 11.8 Å². The molecule has 0 aliphatic heterocycles. The Morgan fingerprint density at radius 3 is 2.19 bits per heavy atom. The molecule has 57 heavy (non-hydrogen) atoms. The van der Waals surface area contributed by atoms with Crippen molar-refractivity contribution in [2.75, 3.05) is 64.1 Å². The van der Waals surface area contributed by atoms with Crippen LogP contribution in [-0.4, -0.2) is 105 Å². The van der Waals surface area contributed by atoms with E-state index >= 15 is 0 Å². The average molecular weight is 793 g/mol. The molecule has 0 bridgehead atoms. The van der Waals surface area contributed by atoms with Crippen molar-refractivity contribution in [3.63, 3.8) is 0 Å². The molecule has 0 spiro atoms. The molecule has 15 nitrogen and oxygen atoms in total. The Morgan fingerprint density at radius 1 is 0.772 bits per heavy atom. The zero-order valence-corrected chi connectivity index (χ0v) is 33.4. The van der Waals surface area contributed by atoms with Crippen LogP contribution < -0.4 is 26.2 Å². The summed E-state index contributed by atoms with van der Waals surface area (Å²) in [5, 5.41) is 20.5. The van der Waals surface area contributed by atoms with Gasteiger partial charge in [0.1, 0.15) is 18.8 Å². The summed E-state index contributed by atoms with van der Waals surface area (Å²) < 4.78 is 17.4. The third-order valence-corrected chi connectivity index (χ3v) is 10.0. The van der Waals surface area contributed by atoms with Crippen LogP contribution in [0.25, 0.3) is 10.9 Å². The summed E-state index contributed by atoms with van der Waals surface area (Å²) in [5.74, 6) is -0.342. The normalized spacial score (nSPS) is 15.1. The monoisotopic (exact) mass is 792 g/mol. The van der Waals surface area contributed by atoms with E-state index in [-0.39, 0.29) is 62.6 Å². The van der Waals surface area contributed by atoms with Crippen LogP contribution in [0.1, 0.15) is 81.3 Å². The van der Waals surface area contributed by atoms with Crippen LogP contribution >= 0.6 is 0 Å². The molecule has 4 rings (SSSR count). The Hall–Kier alpha value is -5.15. The maximum atomic E-state index is 13.7. The van der Waals surface area contributed by atoms with Crippen LogP contribution in [0.2, 0.25) is 0 Å². The number of carbonyl (C=O) groups is 5. The largest absolute Gasteiger partial charge is 0.465 e. The van der Waals surface area contributed by atoms with Gasteiger partial charge in [0.05, 0.1) is 26.4 Å². The predicted octanol–water partition coefficient (Wildman–Crippen LogP) is 5.25. The highest BCUT2D eigenvalue weighted by atomic mass is 16.6. The molecule has 0 atom stereocenters. The standard InChI is InChI=1S/C42H60N6O9/c1-3-31-12-11-14-35(28-31)47(4-2)38(49)30-48-36-15-8-7-13-33(36)29-37(48)40(51)46-34-18-16-32(17-19-34)39(50)43-20-9-5-6-10-21-45-42(54)57-27-26-56-25-24-55-23-22-44-41(52)53/h7-8,11-15,28-29,32,34,44H,3-6,9-10,16-27,30H2,1-2H3,(H,43,50)(H,45,54)(H,46,51)(H,52,53). The number of hydrogen-bond donors (Lipinski definition) is 5. The van der Waals surface area contributed by atoms with Crippen LogP contribution in [0.3, 0.4) is 0 Å². The van der Waals surface area contributed by atoms with Gasteiger partial charge in [0, 0.05) is 54.7 Å². The van der Waals surface area contributed by atoms with Crippen molar-refractivity contribution >= 4 is 46.5 Å². The van der Waals surface area contributed by atoms with E-state index in [0.29, 0.717) is 64.2 Å². The number of carbonyl (C=O) groups excluding carboxylic acids is 4. The number of nitrogens with zero attached hydrogens (tertiary/aromatic N) is 2. The minimum Gasteiger partial charge on any atom is -0.465 e. The van der Waals surface area contributed by atoms with Crippen molar-refractivity contribution in [1.29, 1.82) is 0 Å². The summed E-state index contributed by atoms with van der Waals surface area (Å²) in [6.45, 7) is 7.13. The molecule has 5 N–H and O–H groups in total. The van der Waals surface area contributed by atoms with Gasteiger partial charge in [-0.2, -0.15) is 0 Å². The summed E-state index contributed by atoms with van der Waals surface area (Å²) in [7, 11) is 0. The maximum absolute atomic E-state index is 13.7. The van der Waals surface area contributed by atoms with Gasteiger partial charge in [0.25, 0.3) is 5.91 Å². The van der Waals surface area contributed by atoms with Gasteiger partial charge in [-0.3, -0.25) is 14.4 Å². The highest BCUT2D eigenvalue weighted by Gasteiger charge is 2.28. The molecular weight excluding hydrogens is 732 g/mol. The van der Waals surface area contributed by atoms with Crippen LogP contribution in [0.15, 0.2) is 54.6 Å². The number of aromatic nitrogens is 1. The number of fused-ring (bicyclic) bond motifs is 1. The van der Waals surface area contributed by atoms with E-state index in [9.17, 15) is 24.0 Å². The fraction of sp³-hybridized carbons (Fsp3) is 0.548. The Balaban J connectivity index is 1.08.